The van der Waals surface area contributed by atoms with E-state index in [1.165, 1.54) is 6.07 Å². The van der Waals surface area contributed by atoms with E-state index < -0.39 is 11.4 Å². The van der Waals surface area contributed by atoms with E-state index in [4.69, 9.17) is 10.8 Å². The summed E-state index contributed by atoms with van der Waals surface area (Å²) in [6, 6.07) is 4.75. The van der Waals surface area contributed by atoms with Gasteiger partial charge in [-0.05, 0) is 38.0 Å². The summed E-state index contributed by atoms with van der Waals surface area (Å²) in [6.45, 7) is 3.30. The lowest BCUT2D eigenvalue weighted by Gasteiger charge is -2.19. The van der Waals surface area contributed by atoms with E-state index in [0.717, 1.165) is 5.56 Å². The number of carboxylic acids is 1. The summed E-state index contributed by atoms with van der Waals surface area (Å²) >= 11 is 0. The number of rotatable bonds is 3. The Balaban J connectivity index is 2.91. The molecule has 0 aliphatic rings. The Bertz CT molecular complexity index is 385. The summed E-state index contributed by atoms with van der Waals surface area (Å²) in [5, 5.41) is 18.2. The van der Waals surface area contributed by atoms with Gasteiger partial charge in [-0.1, -0.05) is 6.07 Å². The molecule has 0 bridgehead atoms. The molecule has 82 valence electrons. The number of hydrogen-bond acceptors (Lipinski definition) is 3. The molecule has 0 unspecified atom stereocenters. The first-order valence-corrected chi connectivity index (χ1v) is 4.64. The monoisotopic (exact) mass is 209 g/mol. The fraction of sp³-hybridized carbons (Fsp3) is 0.364. The van der Waals surface area contributed by atoms with E-state index in [9.17, 15) is 9.90 Å². The molecule has 4 N–H and O–H groups in total. The number of nitrogens with two attached hydrogens (primary N) is 1. The lowest BCUT2D eigenvalue weighted by Crippen LogP contribution is -2.26. The average molecular weight is 209 g/mol. The van der Waals surface area contributed by atoms with Gasteiger partial charge in [-0.2, -0.15) is 0 Å². The van der Waals surface area contributed by atoms with Crippen LogP contribution < -0.4 is 5.73 Å². The summed E-state index contributed by atoms with van der Waals surface area (Å²) in [4.78, 5) is 10.9. The van der Waals surface area contributed by atoms with Crippen LogP contribution in [-0.4, -0.2) is 16.2 Å². The van der Waals surface area contributed by atoms with Crippen molar-refractivity contribution in [3.05, 3.63) is 23.8 Å². The number of carbonyl (C=O) groups is 1. The van der Waals surface area contributed by atoms with Crippen LogP contribution in [0.3, 0.4) is 0 Å². The maximum Gasteiger partial charge on any atom is 0.309 e. The van der Waals surface area contributed by atoms with Crippen LogP contribution in [0.1, 0.15) is 19.4 Å². The molecule has 0 spiro atoms. The van der Waals surface area contributed by atoms with Crippen molar-refractivity contribution in [2.75, 3.05) is 5.73 Å². The van der Waals surface area contributed by atoms with Gasteiger partial charge in [0.15, 0.2) is 0 Å². The standard InChI is InChI=1S/C11H15NO3/c1-11(2,10(14)15)6-7-3-4-9(13)8(12)5-7/h3-5,13H,6,12H2,1-2H3,(H,14,15). The van der Waals surface area contributed by atoms with Gasteiger partial charge in [-0.15, -0.1) is 0 Å². The molecule has 4 nitrogen and oxygen atoms in total. The Morgan fingerprint density at radius 3 is 2.53 bits per heavy atom. The van der Waals surface area contributed by atoms with Gasteiger partial charge in [0, 0.05) is 0 Å². The number of aromatic hydroxyl groups is 1. The Labute approximate surface area is 88.3 Å². The van der Waals surface area contributed by atoms with Crippen LogP contribution >= 0.6 is 0 Å². The molecule has 0 saturated carbocycles. The van der Waals surface area contributed by atoms with Crippen LogP contribution in [0.4, 0.5) is 5.69 Å². The van der Waals surface area contributed by atoms with Crippen molar-refractivity contribution in [3.63, 3.8) is 0 Å². The van der Waals surface area contributed by atoms with Crippen molar-refractivity contribution in [1.29, 1.82) is 0 Å². The summed E-state index contributed by atoms with van der Waals surface area (Å²) in [7, 11) is 0. The van der Waals surface area contributed by atoms with Gasteiger partial charge in [0.25, 0.3) is 0 Å². The SMILES string of the molecule is CC(C)(Cc1ccc(O)c(N)c1)C(=O)O. The van der Waals surface area contributed by atoms with Crippen molar-refractivity contribution in [2.45, 2.75) is 20.3 Å². The van der Waals surface area contributed by atoms with Gasteiger partial charge in [-0.25, -0.2) is 0 Å². The summed E-state index contributed by atoms with van der Waals surface area (Å²) in [5.74, 6) is -0.832. The van der Waals surface area contributed by atoms with Gasteiger partial charge in [0.05, 0.1) is 11.1 Å². The summed E-state index contributed by atoms with van der Waals surface area (Å²) < 4.78 is 0. The highest BCUT2D eigenvalue weighted by molar-refractivity contribution is 5.74. The second kappa shape index (κ2) is 3.81. The van der Waals surface area contributed by atoms with Crippen LogP contribution in [0.5, 0.6) is 5.75 Å². The van der Waals surface area contributed by atoms with Crippen LogP contribution in [0, 0.1) is 5.41 Å². The number of nitrogen functional groups attached to an aromatic ring is 1. The first-order chi connectivity index (χ1) is 6.83. The predicted octanol–water partition coefficient (Wildman–Crippen LogP) is 1.63. The fourth-order valence-corrected chi connectivity index (χ4v) is 1.30. The minimum Gasteiger partial charge on any atom is -0.506 e. The highest BCUT2D eigenvalue weighted by Gasteiger charge is 2.27. The van der Waals surface area contributed by atoms with Crippen molar-refractivity contribution in [2.24, 2.45) is 5.41 Å². The second-order valence-corrected chi connectivity index (χ2v) is 4.26. The average Bonchev–Trinajstić information content (AvgIpc) is 2.10. The Morgan fingerprint density at radius 2 is 2.07 bits per heavy atom. The second-order valence-electron chi connectivity index (χ2n) is 4.26. The first-order valence-electron chi connectivity index (χ1n) is 4.64. The number of phenolic OH excluding ortho intramolecular Hbond substituents is 1. The number of hydrogen-bond donors (Lipinski definition) is 3. The van der Waals surface area contributed by atoms with Gasteiger partial charge in [0.1, 0.15) is 5.75 Å². The predicted molar refractivity (Wildman–Crippen MR) is 57.6 cm³/mol. The van der Waals surface area contributed by atoms with E-state index in [-0.39, 0.29) is 11.4 Å². The van der Waals surface area contributed by atoms with E-state index in [1.807, 2.05) is 0 Å². The van der Waals surface area contributed by atoms with E-state index in [2.05, 4.69) is 0 Å². The molecule has 0 saturated heterocycles. The Hall–Kier alpha value is -1.71. The molecule has 1 aromatic carbocycles. The van der Waals surface area contributed by atoms with Crippen LogP contribution in [0.2, 0.25) is 0 Å². The molecule has 0 aliphatic carbocycles. The number of benzene rings is 1. The number of aliphatic carboxylic acids is 1. The third-order valence-electron chi connectivity index (χ3n) is 2.32. The normalized spacial score (nSPS) is 11.3. The van der Waals surface area contributed by atoms with Crippen molar-refractivity contribution in [1.82, 2.24) is 0 Å². The van der Waals surface area contributed by atoms with Gasteiger partial charge in [-0.3, -0.25) is 4.79 Å². The summed E-state index contributed by atoms with van der Waals surface area (Å²) in [6.07, 6.45) is 0.382. The molecule has 0 aliphatic heterocycles. The molecular weight excluding hydrogens is 194 g/mol. The number of phenols is 1. The number of carboxylic acid groups (broad SMARTS) is 1. The topological polar surface area (TPSA) is 83.5 Å². The molecule has 15 heavy (non-hydrogen) atoms. The third-order valence-corrected chi connectivity index (χ3v) is 2.32. The highest BCUT2D eigenvalue weighted by atomic mass is 16.4. The zero-order valence-corrected chi connectivity index (χ0v) is 8.82. The largest absolute Gasteiger partial charge is 0.506 e. The Kier molecular flexibility index (Phi) is 2.88. The molecule has 0 heterocycles. The lowest BCUT2D eigenvalue weighted by atomic mass is 9.86. The van der Waals surface area contributed by atoms with Crippen LogP contribution in [0.15, 0.2) is 18.2 Å². The first kappa shape index (κ1) is 11.4. The molecule has 4 heteroatoms. The maximum absolute atomic E-state index is 10.9. The number of anilines is 1. The molecule has 1 aromatic rings. The minimum absolute atomic E-state index is 0.0203. The molecular formula is C11H15NO3. The van der Waals surface area contributed by atoms with Crippen molar-refractivity contribution in [3.8, 4) is 5.75 Å². The molecule has 0 fully saturated rings. The van der Waals surface area contributed by atoms with Gasteiger partial charge < -0.3 is 15.9 Å². The Morgan fingerprint density at radius 1 is 1.47 bits per heavy atom. The van der Waals surface area contributed by atoms with E-state index >= 15 is 0 Å². The van der Waals surface area contributed by atoms with Crippen molar-refractivity contribution >= 4 is 11.7 Å². The molecule has 0 aromatic heterocycles. The molecule has 0 atom stereocenters. The minimum atomic E-state index is -0.853. The van der Waals surface area contributed by atoms with Crippen LogP contribution in [0.25, 0.3) is 0 Å². The molecule has 1 rings (SSSR count). The maximum atomic E-state index is 10.9. The van der Waals surface area contributed by atoms with Crippen LogP contribution in [-0.2, 0) is 11.2 Å². The van der Waals surface area contributed by atoms with E-state index in [1.54, 1.807) is 26.0 Å². The van der Waals surface area contributed by atoms with Gasteiger partial charge >= 0.3 is 5.97 Å². The third kappa shape index (κ3) is 2.62. The smallest absolute Gasteiger partial charge is 0.309 e. The van der Waals surface area contributed by atoms with Crippen molar-refractivity contribution < 1.29 is 15.0 Å². The summed E-state index contributed by atoms with van der Waals surface area (Å²) in [5.41, 5.74) is 5.76. The molecule has 0 radical (unpaired) electrons. The zero-order valence-electron chi connectivity index (χ0n) is 8.82. The quantitative estimate of drug-likeness (QED) is 0.522. The van der Waals surface area contributed by atoms with Gasteiger partial charge in [0.2, 0.25) is 0 Å². The highest BCUT2D eigenvalue weighted by Crippen LogP contribution is 2.26. The zero-order chi connectivity index (χ0) is 11.6. The van der Waals surface area contributed by atoms with E-state index in [0.29, 0.717) is 6.42 Å². The molecule has 0 amide bonds. The fourth-order valence-electron chi connectivity index (χ4n) is 1.30. The lowest BCUT2D eigenvalue weighted by molar-refractivity contribution is -0.146.